The van der Waals surface area contributed by atoms with Crippen LogP contribution < -0.4 is 15.0 Å². The molecule has 3 aromatic carbocycles. The molecule has 3 atom stereocenters. The summed E-state index contributed by atoms with van der Waals surface area (Å²) in [5.74, 6) is -3.91. The third-order valence-electron chi connectivity index (χ3n) is 10.0. The average molecular weight is 688 g/mol. The summed E-state index contributed by atoms with van der Waals surface area (Å²) < 4.78 is 113. The molecule has 0 amide bonds. The highest BCUT2D eigenvalue weighted by molar-refractivity contribution is 6.05. The Balaban J connectivity index is 1.48. The van der Waals surface area contributed by atoms with E-state index in [1.54, 1.807) is 16.8 Å². The van der Waals surface area contributed by atoms with Crippen molar-refractivity contribution < 1.29 is 40.6 Å². The Morgan fingerprint density at radius 3 is 2.49 bits per heavy atom. The number of terminal acetylenes is 1. The topological polar surface area (TPSA) is 73.8 Å². The molecule has 3 aliphatic heterocycles. The second-order valence-corrected chi connectivity index (χ2v) is 13.6. The van der Waals surface area contributed by atoms with Gasteiger partial charge in [0.1, 0.15) is 29.5 Å². The second-order valence-electron chi connectivity index (χ2n) is 13.6. The van der Waals surface area contributed by atoms with E-state index in [1.807, 2.05) is 0 Å². The van der Waals surface area contributed by atoms with Crippen LogP contribution in [-0.4, -0.2) is 77.8 Å². The number of anilines is 1. The molecule has 258 valence electrons. The molecule has 1 aromatic heterocycles. The largest absolute Gasteiger partial charge is 0.508 e. The normalized spacial score (nSPS) is 24.0. The molecule has 4 heterocycles. The number of nitrogens with zero attached hydrogens (tertiary/aromatic N) is 4. The van der Waals surface area contributed by atoms with E-state index in [9.17, 15) is 22.7 Å². The van der Waals surface area contributed by atoms with E-state index in [1.165, 1.54) is 19.1 Å². The summed E-state index contributed by atoms with van der Waals surface area (Å²) in [6.45, 7) is 1.65. The predicted molar refractivity (Wildman–Crippen MR) is 170 cm³/mol. The molecule has 7 nitrogen and oxygen atoms in total. The zero-order valence-electron chi connectivity index (χ0n) is 26.6. The summed E-state index contributed by atoms with van der Waals surface area (Å²) in [4.78, 5) is 12.1. The minimum atomic E-state index is -5.14. The summed E-state index contributed by atoms with van der Waals surface area (Å²) in [7, 11) is 1.70. The van der Waals surface area contributed by atoms with Crippen LogP contribution in [0.4, 0.5) is 36.6 Å². The van der Waals surface area contributed by atoms with E-state index < -0.39 is 81.7 Å². The quantitative estimate of drug-likeness (QED) is 0.178. The van der Waals surface area contributed by atoms with Crippen molar-refractivity contribution in [3.8, 4) is 35.2 Å². The molecule has 7 rings (SSSR count). The Labute approximate surface area is 277 Å². The SMILES string of the molecule is C#Cc1c(F)ccc2cc(O)cc(-c3c(C(F)(F)F)cc4c(N5C[C@H]6CC[C@@H](C5)N6)nc(OCC5(C)CN(C)CCC5(F)F)nc4c3F)c12. The minimum absolute atomic E-state index is 0.00505. The Bertz CT molecular complexity index is 2020. The molecular weight excluding hydrogens is 655 g/mol. The van der Waals surface area contributed by atoms with Gasteiger partial charge in [-0.05, 0) is 62.0 Å². The van der Waals surface area contributed by atoms with Crippen molar-refractivity contribution in [2.75, 3.05) is 44.7 Å². The Morgan fingerprint density at radius 1 is 1.10 bits per heavy atom. The number of ether oxygens (including phenoxy) is 1. The smallest absolute Gasteiger partial charge is 0.417 e. The van der Waals surface area contributed by atoms with E-state index in [0.717, 1.165) is 31.0 Å². The van der Waals surface area contributed by atoms with Gasteiger partial charge in [-0.2, -0.15) is 23.1 Å². The summed E-state index contributed by atoms with van der Waals surface area (Å²) >= 11 is 0. The van der Waals surface area contributed by atoms with Crippen LogP contribution in [0, 0.1) is 29.4 Å². The first-order valence-corrected chi connectivity index (χ1v) is 15.8. The van der Waals surface area contributed by atoms with Crippen LogP contribution in [0.25, 0.3) is 32.8 Å². The standard InChI is InChI=1S/C35H32F7N5O2/c1-4-22-26(36)8-5-18-11-21(48)12-23(27(18)22)28-25(35(40,41)42)13-24-30(29(28)37)44-32(45-31(24)47-14-19-6-7-20(15-47)43-19)49-17-33(2)16-46(3)10-9-34(33,38)39/h1,5,8,11-13,19-20,43,48H,6-7,9-10,14-17H2,2-3H3/t19-,20+,33?. The van der Waals surface area contributed by atoms with Crippen LogP contribution in [0.5, 0.6) is 11.8 Å². The highest BCUT2D eigenvalue weighted by Gasteiger charge is 2.54. The van der Waals surface area contributed by atoms with Gasteiger partial charge in [-0.3, -0.25) is 0 Å². The number of fused-ring (bicyclic) bond motifs is 4. The number of hydrogen-bond acceptors (Lipinski definition) is 7. The van der Waals surface area contributed by atoms with E-state index in [-0.39, 0.29) is 47.1 Å². The number of alkyl halides is 5. The number of rotatable bonds is 5. The van der Waals surface area contributed by atoms with Crippen LogP contribution in [-0.2, 0) is 6.18 Å². The van der Waals surface area contributed by atoms with Gasteiger partial charge in [0.2, 0.25) is 0 Å². The van der Waals surface area contributed by atoms with Crippen LogP contribution in [0.15, 0.2) is 30.3 Å². The number of aromatic hydroxyl groups is 1. The van der Waals surface area contributed by atoms with E-state index >= 15 is 13.2 Å². The van der Waals surface area contributed by atoms with E-state index in [2.05, 4.69) is 21.2 Å². The molecule has 1 unspecified atom stereocenters. The Morgan fingerprint density at radius 2 is 1.82 bits per heavy atom. The molecule has 0 radical (unpaired) electrons. The van der Waals surface area contributed by atoms with Gasteiger partial charge in [0.15, 0.2) is 5.82 Å². The lowest BCUT2D eigenvalue weighted by Gasteiger charge is -2.44. The number of aromatic nitrogens is 2. The number of halogens is 7. The van der Waals surface area contributed by atoms with Crippen LogP contribution in [0.3, 0.4) is 0 Å². The van der Waals surface area contributed by atoms with Crippen molar-refractivity contribution in [3.63, 3.8) is 0 Å². The fraction of sp³-hybridized carbons (Fsp3) is 0.429. The van der Waals surface area contributed by atoms with Crippen molar-refractivity contribution in [2.24, 2.45) is 5.41 Å². The first-order valence-electron chi connectivity index (χ1n) is 15.8. The molecule has 2 N–H and O–H groups in total. The van der Waals surface area contributed by atoms with Gasteiger partial charge in [-0.25, -0.2) is 17.6 Å². The molecule has 0 saturated carbocycles. The fourth-order valence-electron chi connectivity index (χ4n) is 7.52. The highest BCUT2D eigenvalue weighted by atomic mass is 19.4. The zero-order valence-corrected chi connectivity index (χ0v) is 26.6. The highest BCUT2D eigenvalue weighted by Crippen LogP contribution is 2.48. The number of likely N-dealkylation sites (tertiary alicyclic amines) is 1. The van der Waals surface area contributed by atoms with Crippen LogP contribution in [0.2, 0.25) is 0 Å². The number of piperazine rings is 1. The van der Waals surface area contributed by atoms with Gasteiger partial charge in [0.05, 0.1) is 16.5 Å². The average Bonchev–Trinajstić information content (AvgIpc) is 3.38. The predicted octanol–water partition coefficient (Wildman–Crippen LogP) is 6.73. The molecule has 4 aromatic rings. The molecule has 3 saturated heterocycles. The fourth-order valence-corrected chi connectivity index (χ4v) is 7.52. The van der Waals surface area contributed by atoms with Crippen molar-refractivity contribution in [2.45, 2.75) is 50.4 Å². The lowest BCUT2D eigenvalue weighted by molar-refractivity contribution is -0.169. The summed E-state index contributed by atoms with van der Waals surface area (Å²) in [5.41, 5.74) is -5.62. The molecule has 0 spiro atoms. The molecule has 49 heavy (non-hydrogen) atoms. The second kappa shape index (κ2) is 11.6. The third kappa shape index (κ3) is 5.66. The number of hydrogen-bond donors (Lipinski definition) is 2. The summed E-state index contributed by atoms with van der Waals surface area (Å²) in [6, 6.07) is 4.53. The number of phenols is 1. The summed E-state index contributed by atoms with van der Waals surface area (Å²) in [6.07, 6.45) is 1.65. The lowest BCUT2D eigenvalue weighted by atomic mass is 9.79. The number of piperidine rings is 1. The maximum Gasteiger partial charge on any atom is 0.417 e. The summed E-state index contributed by atoms with van der Waals surface area (Å²) in [5, 5.41) is 13.5. The Hall–Kier alpha value is -4.35. The van der Waals surface area contributed by atoms with Crippen molar-refractivity contribution in [1.82, 2.24) is 20.2 Å². The Kier molecular flexibility index (Phi) is 7.87. The van der Waals surface area contributed by atoms with Gasteiger partial charge in [-0.1, -0.05) is 12.0 Å². The van der Waals surface area contributed by atoms with Crippen LogP contribution >= 0.6 is 0 Å². The molecule has 0 aliphatic carbocycles. The molecule has 14 heteroatoms. The first-order chi connectivity index (χ1) is 23.1. The molecule has 3 aliphatic rings. The number of phenolic OH excluding ortho intramolecular Hbond substituents is 1. The number of nitrogens with one attached hydrogen (secondary N) is 1. The molecule has 2 bridgehead atoms. The maximum absolute atomic E-state index is 17.0. The van der Waals surface area contributed by atoms with E-state index in [0.29, 0.717) is 13.1 Å². The van der Waals surface area contributed by atoms with Gasteiger partial charge in [0.25, 0.3) is 5.92 Å². The first kappa shape index (κ1) is 33.2. The monoisotopic (exact) mass is 687 g/mol. The zero-order chi connectivity index (χ0) is 35.0. The molecule has 3 fully saturated rings. The minimum Gasteiger partial charge on any atom is -0.508 e. The third-order valence-corrected chi connectivity index (χ3v) is 10.0. The van der Waals surface area contributed by atoms with Gasteiger partial charge in [0, 0.05) is 61.0 Å². The van der Waals surface area contributed by atoms with Crippen LogP contribution in [0.1, 0.15) is 37.3 Å². The van der Waals surface area contributed by atoms with Gasteiger partial charge < -0.3 is 25.0 Å². The maximum atomic E-state index is 17.0. The van der Waals surface area contributed by atoms with E-state index in [4.69, 9.17) is 11.2 Å². The van der Waals surface area contributed by atoms with Crippen molar-refractivity contribution in [3.05, 3.63) is 53.1 Å². The number of benzene rings is 3. The van der Waals surface area contributed by atoms with Crippen molar-refractivity contribution in [1.29, 1.82) is 0 Å². The van der Waals surface area contributed by atoms with Gasteiger partial charge in [-0.15, -0.1) is 6.42 Å². The molecular formula is C35H32F7N5O2. The lowest BCUT2D eigenvalue weighted by Crippen LogP contribution is -2.55. The van der Waals surface area contributed by atoms with Gasteiger partial charge >= 0.3 is 12.2 Å². The van der Waals surface area contributed by atoms with Crippen molar-refractivity contribution >= 4 is 27.5 Å².